The standard InChI is InChI=1S/C14H10BrF2NO/c1-8-5-13(15)18-7-9(8)6-12(19)14-10(16)3-2-4-11(14)17/h2-5,7H,6H2,1H3. The molecule has 0 atom stereocenters. The van der Waals surface area contributed by atoms with Crippen molar-refractivity contribution in [2.75, 3.05) is 0 Å². The molecule has 1 aromatic carbocycles. The molecule has 2 rings (SSSR count). The van der Waals surface area contributed by atoms with Gasteiger partial charge in [0.15, 0.2) is 5.78 Å². The third kappa shape index (κ3) is 3.04. The molecule has 1 heterocycles. The van der Waals surface area contributed by atoms with Crippen LogP contribution in [0.2, 0.25) is 0 Å². The summed E-state index contributed by atoms with van der Waals surface area (Å²) in [6, 6.07) is 5.13. The molecule has 0 aliphatic heterocycles. The fraction of sp³-hybridized carbons (Fsp3) is 0.143. The molecule has 98 valence electrons. The van der Waals surface area contributed by atoms with E-state index in [2.05, 4.69) is 20.9 Å². The van der Waals surface area contributed by atoms with Crippen LogP contribution in [0.5, 0.6) is 0 Å². The number of aromatic nitrogens is 1. The lowest BCUT2D eigenvalue weighted by Gasteiger charge is -2.07. The molecule has 2 nitrogen and oxygen atoms in total. The van der Waals surface area contributed by atoms with E-state index in [9.17, 15) is 13.6 Å². The molecule has 0 bridgehead atoms. The molecular formula is C14H10BrF2NO. The predicted octanol–water partition coefficient (Wildman–Crippen LogP) is 3.86. The molecule has 0 unspecified atom stereocenters. The van der Waals surface area contributed by atoms with Crippen molar-refractivity contribution < 1.29 is 13.6 Å². The molecule has 2 aromatic rings. The van der Waals surface area contributed by atoms with Gasteiger partial charge >= 0.3 is 0 Å². The summed E-state index contributed by atoms with van der Waals surface area (Å²) in [5.74, 6) is -2.27. The van der Waals surface area contributed by atoms with E-state index in [1.807, 2.05) is 6.92 Å². The van der Waals surface area contributed by atoms with Crippen LogP contribution in [-0.4, -0.2) is 10.8 Å². The monoisotopic (exact) mass is 325 g/mol. The van der Waals surface area contributed by atoms with Gasteiger partial charge in [-0.05, 0) is 52.2 Å². The van der Waals surface area contributed by atoms with Crippen LogP contribution in [0.15, 0.2) is 35.1 Å². The maximum Gasteiger partial charge on any atom is 0.173 e. The van der Waals surface area contributed by atoms with Crippen LogP contribution in [0.4, 0.5) is 8.78 Å². The second-order valence-corrected chi connectivity index (χ2v) is 4.94. The van der Waals surface area contributed by atoms with Gasteiger partial charge in [0.25, 0.3) is 0 Å². The minimum atomic E-state index is -0.840. The molecule has 0 N–H and O–H groups in total. The van der Waals surface area contributed by atoms with E-state index in [0.717, 1.165) is 17.7 Å². The molecule has 19 heavy (non-hydrogen) atoms. The van der Waals surface area contributed by atoms with Gasteiger partial charge in [0, 0.05) is 12.6 Å². The number of Topliss-reactive ketones (excluding diaryl/α,β-unsaturated/α-hetero) is 1. The van der Waals surface area contributed by atoms with Gasteiger partial charge in [-0.15, -0.1) is 0 Å². The van der Waals surface area contributed by atoms with Gasteiger partial charge < -0.3 is 0 Å². The Morgan fingerprint density at radius 3 is 2.53 bits per heavy atom. The summed E-state index contributed by atoms with van der Waals surface area (Å²) in [4.78, 5) is 16.0. The van der Waals surface area contributed by atoms with E-state index < -0.39 is 23.0 Å². The van der Waals surface area contributed by atoms with Crippen molar-refractivity contribution in [3.05, 3.63) is 63.4 Å². The lowest BCUT2D eigenvalue weighted by Crippen LogP contribution is -2.10. The normalized spacial score (nSPS) is 10.5. The molecule has 0 spiro atoms. The Morgan fingerprint density at radius 2 is 1.95 bits per heavy atom. The lowest BCUT2D eigenvalue weighted by atomic mass is 10.0. The van der Waals surface area contributed by atoms with Crippen molar-refractivity contribution in [1.82, 2.24) is 4.98 Å². The largest absolute Gasteiger partial charge is 0.294 e. The Kier molecular flexibility index (Phi) is 4.04. The lowest BCUT2D eigenvalue weighted by molar-refractivity contribution is 0.0984. The van der Waals surface area contributed by atoms with E-state index in [1.54, 1.807) is 6.07 Å². The second kappa shape index (κ2) is 5.57. The SMILES string of the molecule is Cc1cc(Br)ncc1CC(=O)c1c(F)cccc1F. The van der Waals surface area contributed by atoms with Crippen LogP contribution < -0.4 is 0 Å². The number of hydrogen-bond acceptors (Lipinski definition) is 2. The van der Waals surface area contributed by atoms with Crippen molar-refractivity contribution in [2.45, 2.75) is 13.3 Å². The van der Waals surface area contributed by atoms with Crippen molar-refractivity contribution in [3.8, 4) is 0 Å². The maximum atomic E-state index is 13.5. The number of ketones is 1. The molecule has 0 radical (unpaired) electrons. The average Bonchev–Trinajstić information content (AvgIpc) is 2.32. The van der Waals surface area contributed by atoms with Crippen LogP contribution in [0.25, 0.3) is 0 Å². The molecule has 0 fully saturated rings. The Hall–Kier alpha value is -1.62. The van der Waals surface area contributed by atoms with Gasteiger partial charge in [-0.1, -0.05) is 6.07 Å². The summed E-state index contributed by atoms with van der Waals surface area (Å²) < 4.78 is 27.6. The number of benzene rings is 1. The smallest absolute Gasteiger partial charge is 0.173 e. The minimum absolute atomic E-state index is 0.0794. The highest BCUT2D eigenvalue weighted by Gasteiger charge is 2.18. The molecule has 0 saturated carbocycles. The minimum Gasteiger partial charge on any atom is -0.294 e. The highest BCUT2D eigenvalue weighted by Crippen LogP contribution is 2.18. The molecule has 0 aliphatic rings. The molecule has 1 aromatic heterocycles. The zero-order valence-corrected chi connectivity index (χ0v) is 11.7. The molecule has 5 heteroatoms. The highest BCUT2D eigenvalue weighted by atomic mass is 79.9. The Morgan fingerprint density at radius 1 is 1.32 bits per heavy atom. The van der Waals surface area contributed by atoms with Crippen LogP contribution in [-0.2, 0) is 6.42 Å². The summed E-state index contributed by atoms with van der Waals surface area (Å²) >= 11 is 3.21. The van der Waals surface area contributed by atoms with E-state index in [4.69, 9.17) is 0 Å². The number of aryl methyl sites for hydroxylation is 1. The van der Waals surface area contributed by atoms with Crippen molar-refractivity contribution in [2.24, 2.45) is 0 Å². The van der Waals surface area contributed by atoms with Crippen molar-refractivity contribution >= 4 is 21.7 Å². The summed E-state index contributed by atoms with van der Waals surface area (Å²) in [7, 11) is 0. The topological polar surface area (TPSA) is 30.0 Å². The molecular weight excluding hydrogens is 316 g/mol. The van der Waals surface area contributed by atoms with Gasteiger partial charge in [-0.2, -0.15) is 0 Å². The number of nitrogens with zero attached hydrogens (tertiary/aromatic N) is 1. The van der Waals surface area contributed by atoms with Crippen molar-refractivity contribution in [1.29, 1.82) is 0 Å². The van der Waals surface area contributed by atoms with E-state index in [-0.39, 0.29) is 6.42 Å². The fourth-order valence-electron chi connectivity index (χ4n) is 1.76. The van der Waals surface area contributed by atoms with Gasteiger partial charge in [0.2, 0.25) is 0 Å². The molecule has 0 saturated heterocycles. The number of pyridine rings is 1. The zero-order valence-electron chi connectivity index (χ0n) is 10.1. The number of hydrogen-bond donors (Lipinski definition) is 0. The third-order valence-corrected chi connectivity index (χ3v) is 3.21. The Bertz CT molecular complexity index is 623. The number of carbonyl (C=O) groups is 1. The summed E-state index contributed by atoms with van der Waals surface area (Å²) in [6.07, 6.45) is 1.44. The van der Waals surface area contributed by atoms with Crippen molar-refractivity contribution in [3.63, 3.8) is 0 Å². The average molecular weight is 326 g/mol. The van der Waals surface area contributed by atoms with E-state index >= 15 is 0 Å². The first-order valence-corrected chi connectivity index (χ1v) is 6.36. The predicted molar refractivity (Wildman–Crippen MR) is 71.1 cm³/mol. The maximum absolute atomic E-state index is 13.5. The summed E-state index contributed by atoms with van der Waals surface area (Å²) in [6.45, 7) is 1.81. The Labute approximate surface area is 117 Å². The first-order valence-electron chi connectivity index (χ1n) is 5.57. The summed E-state index contributed by atoms with van der Waals surface area (Å²) in [5.41, 5.74) is 0.993. The quantitative estimate of drug-likeness (QED) is 0.633. The van der Waals surface area contributed by atoms with Crippen LogP contribution in [0, 0.1) is 18.6 Å². The molecule has 0 amide bonds. The fourth-order valence-corrected chi connectivity index (χ4v) is 2.21. The van der Waals surface area contributed by atoms with Gasteiger partial charge in [-0.25, -0.2) is 13.8 Å². The number of carbonyl (C=O) groups excluding carboxylic acids is 1. The molecule has 0 aliphatic carbocycles. The number of rotatable bonds is 3. The second-order valence-electron chi connectivity index (χ2n) is 4.13. The van der Waals surface area contributed by atoms with Gasteiger partial charge in [-0.3, -0.25) is 4.79 Å². The van der Waals surface area contributed by atoms with Crippen LogP contribution in [0.1, 0.15) is 21.5 Å². The van der Waals surface area contributed by atoms with Crippen LogP contribution >= 0.6 is 15.9 Å². The third-order valence-electron chi connectivity index (χ3n) is 2.78. The first kappa shape index (κ1) is 13.8. The van der Waals surface area contributed by atoms with Gasteiger partial charge in [0.05, 0.1) is 5.56 Å². The van der Waals surface area contributed by atoms with Gasteiger partial charge in [0.1, 0.15) is 16.2 Å². The first-order chi connectivity index (χ1) is 8.99. The van der Waals surface area contributed by atoms with Crippen LogP contribution in [0.3, 0.4) is 0 Å². The summed E-state index contributed by atoms with van der Waals surface area (Å²) in [5, 5.41) is 0. The number of halogens is 3. The zero-order chi connectivity index (χ0) is 14.0. The highest BCUT2D eigenvalue weighted by molar-refractivity contribution is 9.10. The van der Waals surface area contributed by atoms with E-state index in [0.29, 0.717) is 10.2 Å². The Balaban J connectivity index is 2.31. The van der Waals surface area contributed by atoms with E-state index in [1.165, 1.54) is 12.3 Å².